The zero-order valence-corrected chi connectivity index (χ0v) is 21.0. The van der Waals surface area contributed by atoms with Gasteiger partial charge in [0.1, 0.15) is 11.9 Å². The van der Waals surface area contributed by atoms with E-state index in [0.29, 0.717) is 18.8 Å². The van der Waals surface area contributed by atoms with E-state index < -0.39 is 0 Å². The number of benzene rings is 2. The summed E-state index contributed by atoms with van der Waals surface area (Å²) in [5.41, 5.74) is 5.82. The fourth-order valence-electron chi connectivity index (χ4n) is 7.93. The first kappa shape index (κ1) is 21.9. The second-order valence-electron chi connectivity index (χ2n) is 11.9. The van der Waals surface area contributed by atoms with E-state index in [2.05, 4.69) is 77.2 Å². The highest BCUT2D eigenvalue weighted by Crippen LogP contribution is 2.71. The molecule has 5 nitrogen and oxygen atoms in total. The maximum atomic E-state index is 9.93. The molecule has 35 heavy (non-hydrogen) atoms. The number of aromatic nitrogens is 1. The molecule has 3 aliphatic carbocycles. The molecule has 3 aromatic rings. The van der Waals surface area contributed by atoms with Gasteiger partial charge in [0.15, 0.2) is 0 Å². The average molecular weight is 472 g/mol. The van der Waals surface area contributed by atoms with E-state index in [9.17, 15) is 5.11 Å². The average Bonchev–Trinajstić information content (AvgIpc) is 3.15. The molecule has 0 spiro atoms. The molecule has 0 unspecified atom stereocenters. The van der Waals surface area contributed by atoms with Gasteiger partial charge in [0.25, 0.3) is 0 Å². The molecule has 5 aliphatic rings. The van der Waals surface area contributed by atoms with Gasteiger partial charge in [-0.25, -0.2) is 0 Å². The number of fused-ring (bicyclic) bond motifs is 3. The third-order valence-corrected chi connectivity index (χ3v) is 9.33. The smallest absolute Gasteiger partial charge is 0.124 e. The molecular weight excluding hydrogens is 434 g/mol. The molecule has 2 N–H and O–H groups in total. The van der Waals surface area contributed by atoms with E-state index in [1.165, 1.54) is 40.7 Å². The highest BCUT2D eigenvalue weighted by Gasteiger charge is 2.71. The molecule has 1 saturated heterocycles. The van der Waals surface area contributed by atoms with Crippen LogP contribution in [-0.4, -0.2) is 63.8 Å². The van der Waals surface area contributed by atoms with Gasteiger partial charge in [-0.1, -0.05) is 37.3 Å². The maximum absolute atomic E-state index is 9.93. The summed E-state index contributed by atoms with van der Waals surface area (Å²) < 4.78 is 6.28. The highest BCUT2D eigenvalue weighted by molar-refractivity contribution is 5.85. The van der Waals surface area contributed by atoms with Crippen LogP contribution in [0.25, 0.3) is 10.9 Å². The minimum Gasteiger partial charge on any atom is -0.488 e. The van der Waals surface area contributed by atoms with Crippen molar-refractivity contribution < 1.29 is 9.84 Å². The van der Waals surface area contributed by atoms with Gasteiger partial charge in [0.05, 0.1) is 6.04 Å². The van der Waals surface area contributed by atoms with Gasteiger partial charge in [-0.2, -0.15) is 0 Å². The lowest BCUT2D eigenvalue weighted by molar-refractivity contribution is -0.254. The zero-order valence-electron chi connectivity index (χ0n) is 21.0. The molecule has 3 heterocycles. The molecule has 2 aliphatic heterocycles. The highest BCUT2D eigenvalue weighted by atomic mass is 16.5. The SMILES string of the molecule is CCCN1CC(Oc2ccc([C@H]3c4[nH]c5ccccc5c4C[C@H](C)N3C34CC(CO)(C3)C4)cc2)C1. The Hall–Kier alpha value is -2.34. The Kier molecular flexibility index (Phi) is 4.90. The first-order valence-electron chi connectivity index (χ1n) is 13.5. The third kappa shape index (κ3) is 3.24. The molecule has 2 aromatic carbocycles. The second-order valence-corrected chi connectivity index (χ2v) is 11.9. The fraction of sp³-hybridized carbons (Fsp3) is 0.533. The largest absolute Gasteiger partial charge is 0.488 e. The monoisotopic (exact) mass is 471 g/mol. The first-order chi connectivity index (χ1) is 17.0. The van der Waals surface area contributed by atoms with Crippen molar-refractivity contribution in [3.63, 3.8) is 0 Å². The number of aromatic amines is 1. The summed E-state index contributed by atoms with van der Waals surface area (Å²) in [6.45, 7) is 8.22. The van der Waals surface area contributed by atoms with Crippen LogP contribution in [0, 0.1) is 5.41 Å². The summed E-state index contributed by atoms with van der Waals surface area (Å²) in [7, 11) is 0. The van der Waals surface area contributed by atoms with Gasteiger partial charge < -0.3 is 14.8 Å². The van der Waals surface area contributed by atoms with Crippen LogP contribution < -0.4 is 4.74 Å². The zero-order chi connectivity index (χ0) is 23.8. The fourth-order valence-corrected chi connectivity index (χ4v) is 7.93. The summed E-state index contributed by atoms with van der Waals surface area (Å²) in [4.78, 5) is 9.09. The number of hydrogen-bond donors (Lipinski definition) is 2. The number of para-hydroxylation sites is 1. The summed E-state index contributed by atoms with van der Waals surface area (Å²) in [6, 6.07) is 18.3. The lowest BCUT2D eigenvalue weighted by Gasteiger charge is -2.76. The van der Waals surface area contributed by atoms with Crippen molar-refractivity contribution in [1.82, 2.24) is 14.8 Å². The van der Waals surface area contributed by atoms with Crippen LogP contribution in [0.5, 0.6) is 5.75 Å². The number of nitrogens with one attached hydrogen (secondary N) is 1. The first-order valence-corrected chi connectivity index (χ1v) is 13.5. The predicted octanol–water partition coefficient (Wildman–Crippen LogP) is 4.89. The second kappa shape index (κ2) is 7.83. The van der Waals surface area contributed by atoms with Crippen LogP contribution in [0.2, 0.25) is 0 Å². The number of aliphatic hydroxyl groups is 1. The van der Waals surface area contributed by atoms with Gasteiger partial charge >= 0.3 is 0 Å². The molecule has 0 radical (unpaired) electrons. The van der Waals surface area contributed by atoms with E-state index in [1.54, 1.807) is 0 Å². The Labute approximate surface area is 208 Å². The van der Waals surface area contributed by atoms with Gasteiger partial charge in [-0.3, -0.25) is 9.80 Å². The van der Waals surface area contributed by atoms with Crippen molar-refractivity contribution in [3.8, 4) is 5.75 Å². The van der Waals surface area contributed by atoms with Gasteiger partial charge in [0.2, 0.25) is 0 Å². The van der Waals surface area contributed by atoms with Crippen molar-refractivity contribution in [3.05, 3.63) is 65.4 Å². The van der Waals surface area contributed by atoms with Crippen LogP contribution >= 0.6 is 0 Å². The van der Waals surface area contributed by atoms with Gasteiger partial charge in [-0.15, -0.1) is 0 Å². The number of H-pyrrole nitrogens is 1. The van der Waals surface area contributed by atoms with E-state index in [1.807, 2.05) is 0 Å². The Morgan fingerprint density at radius 2 is 1.80 bits per heavy atom. The number of rotatable bonds is 7. The third-order valence-electron chi connectivity index (χ3n) is 9.33. The van der Waals surface area contributed by atoms with Crippen LogP contribution in [0.4, 0.5) is 0 Å². The number of hydrogen-bond acceptors (Lipinski definition) is 4. The number of ether oxygens (including phenoxy) is 1. The van der Waals surface area contributed by atoms with Gasteiger partial charge in [-0.05, 0) is 80.3 Å². The number of likely N-dealkylation sites (tertiary alicyclic amines) is 1. The molecule has 184 valence electrons. The topological polar surface area (TPSA) is 51.7 Å². The lowest BCUT2D eigenvalue weighted by atomic mass is 9.38. The van der Waals surface area contributed by atoms with Crippen LogP contribution in [-0.2, 0) is 6.42 Å². The van der Waals surface area contributed by atoms with Gasteiger partial charge in [0, 0.05) is 47.9 Å². The minimum absolute atomic E-state index is 0.192. The predicted molar refractivity (Wildman–Crippen MR) is 139 cm³/mol. The summed E-state index contributed by atoms with van der Waals surface area (Å²) >= 11 is 0. The quantitative estimate of drug-likeness (QED) is 0.515. The molecule has 0 amide bonds. The molecule has 1 aromatic heterocycles. The normalized spacial score (nSPS) is 32.5. The Morgan fingerprint density at radius 3 is 2.51 bits per heavy atom. The van der Waals surface area contributed by atoms with E-state index in [-0.39, 0.29) is 17.0 Å². The van der Waals surface area contributed by atoms with Crippen molar-refractivity contribution in [2.75, 3.05) is 26.2 Å². The minimum atomic E-state index is 0.192. The summed E-state index contributed by atoms with van der Waals surface area (Å²) in [5, 5.41) is 11.3. The molecule has 5 heteroatoms. The maximum Gasteiger partial charge on any atom is 0.124 e. The number of nitrogens with zero attached hydrogens (tertiary/aromatic N) is 2. The molecular formula is C30H37N3O2. The standard InChI is InChI=1S/C30H37N3O2/c1-3-12-32-14-23(15-32)35-22-10-8-21(9-11-22)28-27-25(24-6-4-5-7-26(24)31-27)13-20(2)33(28)30-16-29(17-30,18-30)19-34/h4-11,20,23,28,31,34H,3,12-19H2,1-2H3/t20-,28-,29?,30?/m0/s1. The van der Waals surface area contributed by atoms with E-state index in [0.717, 1.165) is 44.5 Å². The molecule has 3 saturated carbocycles. The van der Waals surface area contributed by atoms with Crippen LogP contribution in [0.3, 0.4) is 0 Å². The van der Waals surface area contributed by atoms with E-state index in [4.69, 9.17) is 4.74 Å². The van der Waals surface area contributed by atoms with E-state index >= 15 is 0 Å². The molecule has 4 fully saturated rings. The Balaban J connectivity index is 1.21. The van der Waals surface area contributed by atoms with Crippen molar-refractivity contribution in [2.24, 2.45) is 5.41 Å². The lowest BCUT2D eigenvalue weighted by Crippen LogP contribution is -2.77. The Bertz CT molecular complexity index is 1220. The van der Waals surface area contributed by atoms with Crippen molar-refractivity contribution in [1.29, 1.82) is 0 Å². The van der Waals surface area contributed by atoms with Crippen LogP contribution in [0.15, 0.2) is 48.5 Å². The molecule has 2 bridgehead atoms. The van der Waals surface area contributed by atoms with Crippen LogP contribution in [0.1, 0.15) is 62.4 Å². The molecule has 8 rings (SSSR count). The number of aliphatic hydroxyl groups excluding tert-OH is 1. The van der Waals surface area contributed by atoms with Crippen molar-refractivity contribution >= 4 is 10.9 Å². The summed E-state index contributed by atoms with van der Waals surface area (Å²) in [6.07, 6.45) is 5.97. The summed E-state index contributed by atoms with van der Waals surface area (Å²) in [5.74, 6) is 0.979. The van der Waals surface area contributed by atoms with Crippen molar-refractivity contribution in [2.45, 2.75) is 69.7 Å². The molecule has 2 atom stereocenters. The Morgan fingerprint density at radius 1 is 1.06 bits per heavy atom.